The Morgan fingerprint density at radius 3 is 2.86 bits per heavy atom. The van der Waals surface area contributed by atoms with Crippen molar-refractivity contribution in [1.82, 2.24) is 9.88 Å². The van der Waals surface area contributed by atoms with Crippen molar-refractivity contribution in [2.24, 2.45) is 0 Å². The Morgan fingerprint density at radius 1 is 1.57 bits per heavy atom. The van der Waals surface area contributed by atoms with Gasteiger partial charge < -0.3 is 10.6 Å². The van der Waals surface area contributed by atoms with E-state index in [1.54, 1.807) is 18.0 Å². The van der Waals surface area contributed by atoms with Crippen LogP contribution in [0.2, 0.25) is 0 Å². The molecule has 0 unspecified atom stereocenters. The molecule has 0 radical (unpaired) electrons. The van der Waals surface area contributed by atoms with Crippen LogP contribution in [-0.4, -0.2) is 36.3 Å². The van der Waals surface area contributed by atoms with Crippen LogP contribution in [0.15, 0.2) is 21.8 Å². The number of anilines is 1. The quantitative estimate of drug-likeness (QED) is 0.855. The van der Waals surface area contributed by atoms with Crippen LogP contribution in [0.1, 0.15) is 0 Å². The summed E-state index contributed by atoms with van der Waals surface area (Å²) >= 11 is 5.17. The summed E-state index contributed by atoms with van der Waals surface area (Å²) < 4.78 is 0.973. The molecule has 0 aliphatic heterocycles. The van der Waals surface area contributed by atoms with Gasteiger partial charge in [-0.15, -0.1) is 11.8 Å². The van der Waals surface area contributed by atoms with Crippen molar-refractivity contribution in [3.05, 3.63) is 16.7 Å². The fraction of sp³-hybridized carbons (Fsp3) is 0.444. The van der Waals surface area contributed by atoms with Gasteiger partial charge in [0.25, 0.3) is 0 Å². The van der Waals surface area contributed by atoms with Crippen LogP contribution in [0.5, 0.6) is 0 Å². The minimum Gasteiger partial charge on any atom is -0.397 e. The Hall–Kier alpha value is -0.260. The minimum absolute atomic E-state index is 0.689. The fourth-order valence-corrected chi connectivity index (χ4v) is 2.56. The summed E-state index contributed by atoms with van der Waals surface area (Å²) in [6, 6.07) is 1.88. The molecule has 2 N–H and O–H groups in total. The molecule has 0 saturated heterocycles. The van der Waals surface area contributed by atoms with Gasteiger partial charge in [-0.25, -0.2) is 4.98 Å². The summed E-state index contributed by atoms with van der Waals surface area (Å²) in [4.78, 5) is 6.40. The first kappa shape index (κ1) is 11.8. The molecule has 14 heavy (non-hydrogen) atoms. The Kier molecular flexibility index (Phi) is 4.71. The van der Waals surface area contributed by atoms with Crippen LogP contribution >= 0.6 is 27.7 Å². The van der Waals surface area contributed by atoms with Gasteiger partial charge in [0.15, 0.2) is 0 Å². The number of nitrogens with two attached hydrogens (primary N) is 1. The van der Waals surface area contributed by atoms with Gasteiger partial charge in [0.05, 0.1) is 16.4 Å². The highest BCUT2D eigenvalue weighted by atomic mass is 79.9. The van der Waals surface area contributed by atoms with E-state index in [2.05, 4.69) is 39.9 Å². The monoisotopic (exact) mass is 275 g/mol. The molecule has 78 valence electrons. The minimum atomic E-state index is 0.689. The lowest BCUT2D eigenvalue weighted by atomic mass is 10.4. The van der Waals surface area contributed by atoms with Crippen molar-refractivity contribution in [3.8, 4) is 0 Å². The van der Waals surface area contributed by atoms with Gasteiger partial charge in [0, 0.05) is 12.3 Å². The van der Waals surface area contributed by atoms with Crippen LogP contribution < -0.4 is 5.73 Å². The molecular formula is C9H14BrN3S. The molecule has 1 rings (SSSR count). The highest BCUT2D eigenvalue weighted by Gasteiger charge is 2.02. The zero-order chi connectivity index (χ0) is 10.6. The standard InChI is InChI=1S/C9H14BrN3S/c1-13(2)3-4-14-9-8(10)5-7(11)6-12-9/h5-6H,3-4,11H2,1-2H3. The Labute approximate surface area is 97.2 Å². The van der Waals surface area contributed by atoms with Crippen LogP contribution in [0.4, 0.5) is 5.69 Å². The average Bonchev–Trinajstić information content (AvgIpc) is 2.08. The molecule has 3 nitrogen and oxygen atoms in total. The second-order valence-corrected chi connectivity index (χ2v) is 5.15. The maximum absolute atomic E-state index is 5.59. The van der Waals surface area contributed by atoms with E-state index in [0.717, 1.165) is 21.8 Å². The normalized spacial score (nSPS) is 10.9. The summed E-state index contributed by atoms with van der Waals surface area (Å²) in [5, 5.41) is 1.00. The van der Waals surface area contributed by atoms with Gasteiger partial charge in [0.1, 0.15) is 5.03 Å². The third-order valence-corrected chi connectivity index (χ3v) is 3.46. The number of thioether (sulfide) groups is 1. The summed E-state index contributed by atoms with van der Waals surface area (Å²) in [7, 11) is 4.12. The molecule has 0 spiro atoms. The second kappa shape index (κ2) is 5.58. The van der Waals surface area contributed by atoms with E-state index in [9.17, 15) is 0 Å². The van der Waals surface area contributed by atoms with Crippen molar-refractivity contribution in [2.45, 2.75) is 5.03 Å². The number of hydrogen-bond donors (Lipinski definition) is 1. The predicted molar refractivity (Wildman–Crippen MR) is 65.6 cm³/mol. The number of nitrogens with zero attached hydrogens (tertiary/aromatic N) is 2. The molecule has 0 saturated carbocycles. The van der Waals surface area contributed by atoms with Crippen LogP contribution in [0, 0.1) is 0 Å². The average molecular weight is 276 g/mol. The maximum atomic E-state index is 5.59. The van der Waals surface area contributed by atoms with Gasteiger partial charge in [-0.05, 0) is 36.1 Å². The largest absolute Gasteiger partial charge is 0.397 e. The molecule has 1 heterocycles. The van der Waals surface area contributed by atoms with E-state index in [4.69, 9.17) is 5.73 Å². The first-order valence-electron chi connectivity index (χ1n) is 4.28. The first-order chi connectivity index (χ1) is 6.59. The number of hydrogen-bond acceptors (Lipinski definition) is 4. The predicted octanol–water partition coefficient (Wildman–Crippen LogP) is 2.08. The van der Waals surface area contributed by atoms with Crippen molar-refractivity contribution in [3.63, 3.8) is 0 Å². The molecule has 5 heteroatoms. The summed E-state index contributed by atoms with van der Waals surface area (Å²) in [6.07, 6.45) is 1.68. The van der Waals surface area contributed by atoms with E-state index in [-0.39, 0.29) is 0 Å². The molecule has 1 aromatic heterocycles. The van der Waals surface area contributed by atoms with E-state index >= 15 is 0 Å². The van der Waals surface area contributed by atoms with Crippen LogP contribution in [0.25, 0.3) is 0 Å². The Balaban J connectivity index is 2.51. The molecule has 0 fully saturated rings. The third-order valence-electron chi connectivity index (χ3n) is 1.61. The maximum Gasteiger partial charge on any atom is 0.110 e. The Morgan fingerprint density at radius 2 is 2.29 bits per heavy atom. The molecule has 0 amide bonds. The highest BCUT2D eigenvalue weighted by molar-refractivity contribution is 9.10. The third kappa shape index (κ3) is 3.86. The lowest BCUT2D eigenvalue weighted by molar-refractivity contribution is 0.437. The number of rotatable bonds is 4. The zero-order valence-electron chi connectivity index (χ0n) is 8.33. The lowest BCUT2D eigenvalue weighted by Crippen LogP contribution is -2.14. The van der Waals surface area contributed by atoms with Crippen LogP contribution in [0.3, 0.4) is 0 Å². The number of nitrogen functional groups attached to an aromatic ring is 1. The molecule has 0 bridgehead atoms. The van der Waals surface area contributed by atoms with Crippen molar-refractivity contribution >= 4 is 33.4 Å². The number of pyridine rings is 1. The van der Waals surface area contributed by atoms with Gasteiger partial charge in [-0.1, -0.05) is 0 Å². The number of aromatic nitrogens is 1. The highest BCUT2D eigenvalue weighted by Crippen LogP contribution is 2.26. The molecule has 0 aromatic carbocycles. The zero-order valence-corrected chi connectivity index (χ0v) is 10.7. The van der Waals surface area contributed by atoms with Crippen molar-refractivity contribution in [2.75, 3.05) is 32.1 Å². The van der Waals surface area contributed by atoms with Crippen molar-refractivity contribution in [1.29, 1.82) is 0 Å². The smallest absolute Gasteiger partial charge is 0.110 e. The molecular weight excluding hydrogens is 262 g/mol. The van der Waals surface area contributed by atoms with E-state index in [1.807, 2.05) is 6.07 Å². The first-order valence-corrected chi connectivity index (χ1v) is 6.06. The van der Waals surface area contributed by atoms with Gasteiger partial charge in [-0.3, -0.25) is 0 Å². The van der Waals surface area contributed by atoms with E-state index < -0.39 is 0 Å². The van der Waals surface area contributed by atoms with Crippen molar-refractivity contribution < 1.29 is 0 Å². The summed E-state index contributed by atoms with van der Waals surface area (Å²) in [5.74, 6) is 1.03. The fourth-order valence-electron chi connectivity index (χ4n) is 0.871. The van der Waals surface area contributed by atoms with Crippen LogP contribution in [-0.2, 0) is 0 Å². The SMILES string of the molecule is CN(C)CCSc1ncc(N)cc1Br. The van der Waals surface area contributed by atoms with Gasteiger partial charge in [-0.2, -0.15) is 0 Å². The number of halogens is 1. The van der Waals surface area contributed by atoms with E-state index in [0.29, 0.717) is 5.69 Å². The molecule has 0 atom stereocenters. The topological polar surface area (TPSA) is 42.2 Å². The lowest BCUT2D eigenvalue weighted by Gasteiger charge is -2.09. The molecule has 0 aliphatic carbocycles. The molecule has 1 aromatic rings. The van der Waals surface area contributed by atoms with E-state index in [1.165, 1.54) is 0 Å². The molecule has 0 aliphatic rings. The summed E-state index contributed by atoms with van der Waals surface area (Å²) in [5.41, 5.74) is 6.28. The Bertz CT molecular complexity index is 304. The van der Waals surface area contributed by atoms with Gasteiger partial charge in [0.2, 0.25) is 0 Å². The summed E-state index contributed by atoms with van der Waals surface area (Å²) in [6.45, 7) is 1.04. The van der Waals surface area contributed by atoms with Gasteiger partial charge >= 0.3 is 0 Å². The second-order valence-electron chi connectivity index (χ2n) is 3.21.